The van der Waals surface area contributed by atoms with Gasteiger partial charge in [0.2, 0.25) is 10.0 Å². The van der Waals surface area contributed by atoms with Crippen LogP contribution in [0.15, 0.2) is 59.5 Å². The molecule has 0 atom stereocenters. The zero-order chi connectivity index (χ0) is 19.9. The van der Waals surface area contributed by atoms with Gasteiger partial charge in [-0.2, -0.15) is 4.31 Å². The quantitative estimate of drug-likeness (QED) is 0.511. The number of rotatable bonds is 8. The Bertz CT molecular complexity index is 898. The fraction of sp³-hybridized carbons (Fsp3) is 0.286. The molecule has 2 rings (SSSR count). The summed E-state index contributed by atoms with van der Waals surface area (Å²) in [6.45, 7) is 6.64. The Morgan fingerprint density at radius 1 is 1.04 bits per heavy atom. The zero-order valence-electron chi connectivity index (χ0n) is 15.9. The molecule has 0 aliphatic rings. The lowest BCUT2D eigenvalue weighted by atomic mass is 10.1. The molecule has 0 saturated heterocycles. The molecule has 0 aliphatic carbocycles. The number of sulfonamides is 1. The van der Waals surface area contributed by atoms with E-state index in [9.17, 15) is 13.2 Å². The van der Waals surface area contributed by atoms with Crippen LogP contribution in [0.25, 0.3) is 6.08 Å². The number of nitrogens with zero attached hydrogens (tertiary/aromatic N) is 1. The molecule has 6 heteroatoms. The molecule has 5 nitrogen and oxygen atoms in total. The summed E-state index contributed by atoms with van der Waals surface area (Å²) in [7, 11) is -3.47. The van der Waals surface area contributed by atoms with Crippen molar-refractivity contribution in [2.24, 2.45) is 0 Å². The molecule has 2 aromatic carbocycles. The van der Waals surface area contributed by atoms with Crippen molar-refractivity contribution in [2.45, 2.75) is 32.3 Å². The van der Waals surface area contributed by atoms with Gasteiger partial charge in [-0.3, -0.25) is 0 Å². The van der Waals surface area contributed by atoms with Crippen molar-refractivity contribution >= 4 is 22.1 Å². The smallest absolute Gasteiger partial charge is 0.331 e. The number of aryl methyl sites for hydroxylation is 1. The second-order valence-electron chi connectivity index (χ2n) is 6.03. The molecule has 0 amide bonds. The largest absolute Gasteiger partial charge is 0.458 e. The first-order valence-electron chi connectivity index (χ1n) is 8.88. The van der Waals surface area contributed by atoms with Gasteiger partial charge in [0.1, 0.15) is 6.61 Å². The maximum Gasteiger partial charge on any atom is 0.331 e. The van der Waals surface area contributed by atoms with Crippen molar-refractivity contribution in [1.29, 1.82) is 0 Å². The molecule has 0 heterocycles. The zero-order valence-corrected chi connectivity index (χ0v) is 16.7. The van der Waals surface area contributed by atoms with Gasteiger partial charge >= 0.3 is 5.97 Å². The first-order valence-corrected chi connectivity index (χ1v) is 10.3. The van der Waals surface area contributed by atoms with E-state index in [0.717, 1.165) is 16.7 Å². The second-order valence-corrected chi connectivity index (χ2v) is 7.96. The minimum Gasteiger partial charge on any atom is -0.458 e. The third-order valence-corrected chi connectivity index (χ3v) is 6.33. The number of esters is 1. The standard InChI is InChI=1S/C21H25NO4S/c1-4-22(5-2)27(24,25)20-13-10-18(11-14-20)12-15-21(23)26-16-19-9-7-6-8-17(19)3/h6-15H,4-5,16H2,1-3H3/b15-12+. The Balaban J connectivity index is 1.99. The highest BCUT2D eigenvalue weighted by atomic mass is 32.2. The van der Waals surface area contributed by atoms with Gasteiger partial charge in [0.15, 0.2) is 0 Å². The molecular formula is C21H25NO4S. The molecule has 144 valence electrons. The molecule has 2 aromatic rings. The monoisotopic (exact) mass is 387 g/mol. The van der Waals surface area contributed by atoms with Crippen LogP contribution in [-0.4, -0.2) is 31.8 Å². The maximum absolute atomic E-state index is 12.5. The van der Waals surface area contributed by atoms with Gasteiger partial charge in [-0.25, -0.2) is 13.2 Å². The van der Waals surface area contributed by atoms with E-state index >= 15 is 0 Å². The van der Waals surface area contributed by atoms with E-state index in [1.165, 1.54) is 10.4 Å². The Morgan fingerprint density at radius 3 is 2.26 bits per heavy atom. The normalized spacial score (nSPS) is 11.9. The Hall–Kier alpha value is -2.44. The lowest BCUT2D eigenvalue weighted by Gasteiger charge is -2.18. The first-order chi connectivity index (χ1) is 12.9. The molecule has 0 unspecified atom stereocenters. The van der Waals surface area contributed by atoms with Gasteiger partial charge in [0, 0.05) is 19.2 Å². The van der Waals surface area contributed by atoms with E-state index < -0.39 is 16.0 Å². The number of carbonyl (C=O) groups excluding carboxylic acids is 1. The maximum atomic E-state index is 12.5. The Morgan fingerprint density at radius 2 is 1.67 bits per heavy atom. The molecule has 0 radical (unpaired) electrons. The summed E-state index contributed by atoms with van der Waals surface area (Å²) in [4.78, 5) is 12.1. The average molecular weight is 388 g/mol. The molecule has 0 aliphatic heterocycles. The first kappa shape index (κ1) is 20.9. The molecule has 0 N–H and O–H groups in total. The number of ether oxygens (including phenoxy) is 1. The SMILES string of the molecule is CCN(CC)S(=O)(=O)c1ccc(/C=C/C(=O)OCc2ccccc2C)cc1. The molecular weight excluding hydrogens is 362 g/mol. The van der Waals surface area contributed by atoms with Crippen molar-refractivity contribution in [3.63, 3.8) is 0 Å². The summed E-state index contributed by atoms with van der Waals surface area (Å²) in [5.41, 5.74) is 2.76. The van der Waals surface area contributed by atoms with E-state index in [0.29, 0.717) is 13.1 Å². The van der Waals surface area contributed by atoms with E-state index in [4.69, 9.17) is 4.74 Å². The van der Waals surface area contributed by atoms with Crippen LogP contribution >= 0.6 is 0 Å². The summed E-state index contributed by atoms with van der Waals surface area (Å²) in [6, 6.07) is 14.2. The summed E-state index contributed by atoms with van der Waals surface area (Å²) in [5.74, 6) is -0.446. The van der Waals surface area contributed by atoms with Crippen molar-refractivity contribution in [1.82, 2.24) is 4.31 Å². The number of carbonyl (C=O) groups is 1. The lowest BCUT2D eigenvalue weighted by molar-refractivity contribution is -0.138. The van der Waals surface area contributed by atoms with Gasteiger partial charge in [0.05, 0.1) is 4.90 Å². The third-order valence-electron chi connectivity index (χ3n) is 4.27. The Kier molecular flexibility index (Phi) is 7.33. The van der Waals surface area contributed by atoms with Crippen LogP contribution in [-0.2, 0) is 26.2 Å². The highest BCUT2D eigenvalue weighted by Crippen LogP contribution is 2.17. The molecule has 0 saturated carbocycles. The summed E-state index contributed by atoms with van der Waals surface area (Å²) in [6.07, 6.45) is 2.94. The van der Waals surface area contributed by atoms with E-state index in [-0.39, 0.29) is 11.5 Å². The van der Waals surface area contributed by atoms with Gasteiger partial charge in [-0.1, -0.05) is 50.2 Å². The molecule has 27 heavy (non-hydrogen) atoms. The molecule has 0 bridgehead atoms. The molecule has 0 fully saturated rings. The Labute approximate surface area is 161 Å². The van der Waals surface area contributed by atoms with Crippen molar-refractivity contribution in [3.8, 4) is 0 Å². The fourth-order valence-electron chi connectivity index (χ4n) is 2.60. The summed E-state index contributed by atoms with van der Waals surface area (Å²) in [5, 5.41) is 0. The number of hydrogen-bond donors (Lipinski definition) is 0. The van der Waals surface area contributed by atoms with Crippen LogP contribution < -0.4 is 0 Å². The van der Waals surface area contributed by atoms with Gasteiger partial charge in [-0.05, 0) is 41.8 Å². The average Bonchev–Trinajstić information content (AvgIpc) is 2.67. The third kappa shape index (κ3) is 5.52. The fourth-order valence-corrected chi connectivity index (χ4v) is 4.05. The second kappa shape index (κ2) is 9.48. The van der Waals surface area contributed by atoms with Crippen molar-refractivity contribution in [3.05, 3.63) is 71.3 Å². The number of hydrogen-bond acceptors (Lipinski definition) is 4. The van der Waals surface area contributed by atoms with Crippen LogP contribution in [0.1, 0.15) is 30.5 Å². The summed E-state index contributed by atoms with van der Waals surface area (Å²) < 4.78 is 31.6. The number of benzene rings is 2. The molecule has 0 spiro atoms. The lowest BCUT2D eigenvalue weighted by Crippen LogP contribution is -2.30. The van der Waals surface area contributed by atoms with Crippen LogP contribution in [0.2, 0.25) is 0 Å². The van der Waals surface area contributed by atoms with Gasteiger partial charge in [-0.15, -0.1) is 0 Å². The van der Waals surface area contributed by atoms with Gasteiger partial charge in [0.25, 0.3) is 0 Å². The van der Waals surface area contributed by atoms with Crippen molar-refractivity contribution < 1.29 is 17.9 Å². The van der Waals surface area contributed by atoms with Crippen molar-refractivity contribution in [2.75, 3.05) is 13.1 Å². The van der Waals surface area contributed by atoms with Gasteiger partial charge < -0.3 is 4.74 Å². The van der Waals surface area contributed by atoms with E-state index in [1.54, 1.807) is 44.2 Å². The minimum absolute atomic E-state index is 0.219. The minimum atomic E-state index is -3.47. The van der Waals surface area contributed by atoms with Crippen LogP contribution in [0.4, 0.5) is 0 Å². The van der Waals surface area contributed by atoms with E-state index in [2.05, 4.69) is 0 Å². The van der Waals surface area contributed by atoms with Crippen LogP contribution in [0.5, 0.6) is 0 Å². The predicted octanol–water partition coefficient (Wildman–Crippen LogP) is 3.78. The highest BCUT2D eigenvalue weighted by molar-refractivity contribution is 7.89. The molecule has 0 aromatic heterocycles. The van der Waals surface area contributed by atoms with E-state index in [1.807, 2.05) is 31.2 Å². The topological polar surface area (TPSA) is 63.7 Å². The summed E-state index contributed by atoms with van der Waals surface area (Å²) >= 11 is 0. The highest BCUT2D eigenvalue weighted by Gasteiger charge is 2.20. The van der Waals surface area contributed by atoms with Crippen LogP contribution in [0.3, 0.4) is 0 Å². The predicted molar refractivity (Wildman–Crippen MR) is 107 cm³/mol. The van der Waals surface area contributed by atoms with Crippen LogP contribution in [0, 0.1) is 6.92 Å².